The van der Waals surface area contributed by atoms with E-state index in [9.17, 15) is 18.0 Å². The van der Waals surface area contributed by atoms with Crippen molar-refractivity contribution in [3.8, 4) is 0 Å². The number of amides is 1. The molecular weight excluding hydrogens is 370 g/mol. The van der Waals surface area contributed by atoms with Crippen LogP contribution >= 0.6 is 0 Å². The van der Waals surface area contributed by atoms with Crippen molar-refractivity contribution in [2.24, 2.45) is 0 Å². The molecule has 0 aliphatic carbocycles. The average molecular weight is 397 g/mol. The van der Waals surface area contributed by atoms with Crippen LogP contribution in [0, 0.1) is 0 Å². The fraction of sp³-hybridized carbons (Fsp3) is 0.556. The molecular formula is C18H27N3O5S. The monoisotopic (exact) mass is 397 g/mol. The smallest absolute Gasteiger partial charge is 0.305 e. The zero-order chi connectivity index (χ0) is 20.2. The van der Waals surface area contributed by atoms with Crippen LogP contribution in [0.1, 0.15) is 36.5 Å². The predicted molar refractivity (Wildman–Crippen MR) is 103 cm³/mol. The Morgan fingerprint density at radius 2 is 1.81 bits per heavy atom. The lowest BCUT2D eigenvalue weighted by Crippen LogP contribution is -2.34. The fourth-order valence-corrected chi connectivity index (χ4v) is 4.02. The van der Waals surface area contributed by atoms with Gasteiger partial charge in [-0.3, -0.25) is 9.59 Å². The molecule has 0 bridgehead atoms. The van der Waals surface area contributed by atoms with Gasteiger partial charge in [-0.05, 0) is 38.0 Å². The number of hydrogen-bond acceptors (Lipinski definition) is 5. The van der Waals surface area contributed by atoms with Crippen LogP contribution in [0.15, 0.2) is 23.1 Å². The highest BCUT2D eigenvalue weighted by molar-refractivity contribution is 7.89. The fourth-order valence-electron chi connectivity index (χ4n) is 3.10. The zero-order valence-corrected chi connectivity index (χ0v) is 16.8. The van der Waals surface area contributed by atoms with Crippen LogP contribution in [-0.2, 0) is 14.8 Å². The van der Waals surface area contributed by atoms with Crippen LogP contribution < -0.4 is 4.90 Å². The van der Waals surface area contributed by atoms with Gasteiger partial charge in [-0.1, -0.05) is 0 Å². The molecule has 0 aromatic heterocycles. The summed E-state index contributed by atoms with van der Waals surface area (Å²) in [6.07, 6.45) is 1.87. The Kier molecular flexibility index (Phi) is 6.83. The number of carbonyl (C=O) groups excluding carboxylic acids is 1. The van der Waals surface area contributed by atoms with E-state index in [1.54, 1.807) is 13.0 Å². The quantitative estimate of drug-likeness (QED) is 0.713. The van der Waals surface area contributed by atoms with E-state index < -0.39 is 16.0 Å². The lowest BCUT2D eigenvalue weighted by molar-refractivity contribution is -0.137. The van der Waals surface area contributed by atoms with Crippen LogP contribution in [0.25, 0.3) is 0 Å². The molecule has 1 saturated heterocycles. The summed E-state index contributed by atoms with van der Waals surface area (Å²) in [6.45, 7) is 3.81. The molecule has 1 amide bonds. The number of carbonyl (C=O) groups is 2. The third-order valence-electron chi connectivity index (χ3n) is 4.69. The highest BCUT2D eigenvalue weighted by Crippen LogP contribution is 2.29. The van der Waals surface area contributed by atoms with Crippen molar-refractivity contribution in [3.05, 3.63) is 23.8 Å². The molecule has 9 heteroatoms. The van der Waals surface area contributed by atoms with Crippen molar-refractivity contribution in [1.82, 2.24) is 9.21 Å². The third-order valence-corrected chi connectivity index (χ3v) is 6.50. The molecule has 0 spiro atoms. The maximum absolute atomic E-state index is 13.1. The maximum atomic E-state index is 13.1. The molecule has 1 aromatic rings. The minimum absolute atomic E-state index is 0.0492. The predicted octanol–water partition coefficient (Wildman–Crippen LogP) is 1.47. The van der Waals surface area contributed by atoms with E-state index in [1.165, 1.54) is 31.1 Å². The summed E-state index contributed by atoms with van der Waals surface area (Å²) in [4.78, 5) is 27.6. The van der Waals surface area contributed by atoms with E-state index in [4.69, 9.17) is 5.11 Å². The second-order valence-corrected chi connectivity index (χ2v) is 8.84. The van der Waals surface area contributed by atoms with Crippen LogP contribution in [-0.4, -0.2) is 74.9 Å². The van der Waals surface area contributed by atoms with E-state index in [-0.39, 0.29) is 23.8 Å². The zero-order valence-electron chi connectivity index (χ0n) is 16.0. The van der Waals surface area contributed by atoms with Gasteiger partial charge in [-0.25, -0.2) is 12.7 Å². The molecule has 0 atom stereocenters. The Balaban J connectivity index is 2.48. The Hall–Kier alpha value is -2.13. The summed E-state index contributed by atoms with van der Waals surface area (Å²) in [5, 5.41) is 8.92. The lowest BCUT2D eigenvalue weighted by atomic mass is 10.1. The molecule has 0 unspecified atom stereocenters. The number of carboxylic acid groups (broad SMARTS) is 1. The normalized spacial score (nSPS) is 14.6. The Morgan fingerprint density at radius 3 is 2.33 bits per heavy atom. The Bertz CT molecular complexity index is 801. The number of hydrogen-bond donors (Lipinski definition) is 1. The largest absolute Gasteiger partial charge is 0.481 e. The van der Waals surface area contributed by atoms with Crippen molar-refractivity contribution < 1.29 is 23.1 Å². The first-order chi connectivity index (χ1) is 12.7. The van der Waals surface area contributed by atoms with Crippen LogP contribution in [0.4, 0.5) is 5.69 Å². The van der Waals surface area contributed by atoms with Crippen molar-refractivity contribution in [3.63, 3.8) is 0 Å². The van der Waals surface area contributed by atoms with Gasteiger partial charge in [-0.15, -0.1) is 0 Å². The molecule has 0 saturated carbocycles. The van der Waals surface area contributed by atoms with Gasteiger partial charge in [0, 0.05) is 46.0 Å². The summed E-state index contributed by atoms with van der Waals surface area (Å²) >= 11 is 0. The van der Waals surface area contributed by atoms with Crippen LogP contribution in [0.3, 0.4) is 0 Å². The molecule has 1 heterocycles. The topological polar surface area (TPSA) is 98.2 Å². The molecule has 8 nitrogen and oxygen atoms in total. The highest BCUT2D eigenvalue weighted by atomic mass is 32.2. The van der Waals surface area contributed by atoms with E-state index in [0.29, 0.717) is 17.8 Å². The van der Waals surface area contributed by atoms with Crippen molar-refractivity contribution in [1.29, 1.82) is 0 Å². The molecule has 1 aromatic carbocycles. The van der Waals surface area contributed by atoms with Crippen LogP contribution in [0.2, 0.25) is 0 Å². The first kappa shape index (κ1) is 21.2. The van der Waals surface area contributed by atoms with Gasteiger partial charge in [0.1, 0.15) is 0 Å². The molecule has 2 rings (SSSR count). The number of carboxylic acids is 1. The Morgan fingerprint density at radius 1 is 1.19 bits per heavy atom. The van der Waals surface area contributed by atoms with Crippen molar-refractivity contribution in [2.75, 3.05) is 45.2 Å². The van der Waals surface area contributed by atoms with E-state index in [2.05, 4.69) is 4.90 Å². The van der Waals surface area contributed by atoms with Gasteiger partial charge in [-0.2, -0.15) is 0 Å². The SMILES string of the molecule is CCN(CCC(=O)O)C(=O)c1cc(S(=O)(=O)N(C)C)ccc1N1CCCC1. The first-order valence-corrected chi connectivity index (χ1v) is 10.4. The molecule has 1 N–H and O–H groups in total. The van der Waals surface area contributed by atoms with Crippen LogP contribution in [0.5, 0.6) is 0 Å². The standard InChI is InChI=1S/C18H27N3O5S/c1-4-20(12-9-17(22)23)18(24)15-13-14(27(25,26)19(2)3)7-8-16(15)21-10-5-6-11-21/h7-8,13H,4-6,9-12H2,1-3H3,(H,22,23). The number of anilines is 1. The van der Waals surface area contributed by atoms with E-state index >= 15 is 0 Å². The Labute approximate surface area is 160 Å². The average Bonchev–Trinajstić information content (AvgIpc) is 3.15. The summed E-state index contributed by atoms with van der Waals surface area (Å²) in [5.74, 6) is -1.33. The maximum Gasteiger partial charge on any atom is 0.305 e. The number of nitrogens with zero attached hydrogens (tertiary/aromatic N) is 3. The lowest BCUT2D eigenvalue weighted by Gasteiger charge is -2.26. The third kappa shape index (κ3) is 4.78. The number of benzene rings is 1. The summed E-state index contributed by atoms with van der Waals surface area (Å²) in [6, 6.07) is 4.61. The summed E-state index contributed by atoms with van der Waals surface area (Å²) in [5.41, 5.74) is 0.996. The second-order valence-electron chi connectivity index (χ2n) is 6.69. The van der Waals surface area contributed by atoms with Crippen molar-refractivity contribution >= 4 is 27.6 Å². The molecule has 1 aliphatic rings. The molecule has 150 valence electrons. The number of sulfonamides is 1. The molecule has 1 fully saturated rings. The summed E-state index contributed by atoms with van der Waals surface area (Å²) < 4.78 is 26.1. The van der Waals surface area contributed by atoms with Crippen molar-refractivity contribution in [2.45, 2.75) is 31.1 Å². The molecule has 0 radical (unpaired) electrons. The minimum atomic E-state index is -3.68. The number of aliphatic carboxylic acids is 1. The van der Waals surface area contributed by atoms with Gasteiger partial charge in [0.05, 0.1) is 16.9 Å². The van der Waals surface area contributed by atoms with E-state index in [1.807, 2.05) is 0 Å². The van der Waals surface area contributed by atoms with Gasteiger partial charge in [0.2, 0.25) is 10.0 Å². The first-order valence-electron chi connectivity index (χ1n) is 9.01. The van der Waals surface area contributed by atoms with Gasteiger partial charge >= 0.3 is 5.97 Å². The highest BCUT2D eigenvalue weighted by Gasteiger charge is 2.26. The van der Waals surface area contributed by atoms with Gasteiger partial charge < -0.3 is 14.9 Å². The van der Waals surface area contributed by atoms with E-state index in [0.717, 1.165) is 30.2 Å². The minimum Gasteiger partial charge on any atom is -0.481 e. The summed E-state index contributed by atoms with van der Waals surface area (Å²) in [7, 11) is -0.800. The molecule has 1 aliphatic heterocycles. The second kappa shape index (κ2) is 8.71. The van der Waals surface area contributed by atoms with Gasteiger partial charge in [0.15, 0.2) is 0 Å². The number of rotatable bonds is 8. The molecule has 27 heavy (non-hydrogen) atoms. The van der Waals surface area contributed by atoms with Gasteiger partial charge in [0.25, 0.3) is 5.91 Å².